The molecule has 1 unspecified atom stereocenters. The standard InChI is InChI=1S/C15H23NO2/c1-4-5-9-18-10-8-16-13(3)14-11-12(2)6-7-15(14)17/h4,6-7,11,13,16-17H,1,5,8-10H2,2-3H3. The largest absolute Gasteiger partial charge is 0.508 e. The lowest BCUT2D eigenvalue weighted by Crippen LogP contribution is -2.23. The van der Waals surface area contributed by atoms with E-state index in [1.54, 1.807) is 6.07 Å². The lowest BCUT2D eigenvalue weighted by atomic mass is 10.0. The Morgan fingerprint density at radius 3 is 2.94 bits per heavy atom. The average Bonchev–Trinajstić information content (AvgIpc) is 2.36. The molecular formula is C15H23NO2. The summed E-state index contributed by atoms with van der Waals surface area (Å²) in [6.07, 6.45) is 2.73. The Morgan fingerprint density at radius 2 is 2.22 bits per heavy atom. The first kappa shape index (κ1) is 14.7. The van der Waals surface area contributed by atoms with Crippen LogP contribution >= 0.6 is 0 Å². The number of benzene rings is 1. The van der Waals surface area contributed by atoms with E-state index in [1.165, 1.54) is 0 Å². The van der Waals surface area contributed by atoms with Crippen molar-refractivity contribution in [2.24, 2.45) is 0 Å². The monoisotopic (exact) mass is 249 g/mol. The van der Waals surface area contributed by atoms with Crippen molar-refractivity contribution < 1.29 is 9.84 Å². The molecule has 0 fully saturated rings. The van der Waals surface area contributed by atoms with Crippen LogP contribution in [0, 0.1) is 6.92 Å². The van der Waals surface area contributed by atoms with Gasteiger partial charge in [0, 0.05) is 18.2 Å². The van der Waals surface area contributed by atoms with Crippen molar-refractivity contribution in [3.8, 4) is 5.75 Å². The molecule has 0 amide bonds. The third-order valence-electron chi connectivity index (χ3n) is 2.81. The highest BCUT2D eigenvalue weighted by molar-refractivity contribution is 5.37. The molecular weight excluding hydrogens is 226 g/mol. The molecule has 0 aliphatic carbocycles. The molecule has 1 aromatic rings. The molecule has 1 atom stereocenters. The van der Waals surface area contributed by atoms with Crippen LogP contribution in [0.1, 0.15) is 30.5 Å². The first-order valence-electron chi connectivity index (χ1n) is 6.36. The Labute approximate surface area is 109 Å². The first-order chi connectivity index (χ1) is 8.65. The number of aryl methyl sites for hydroxylation is 1. The summed E-state index contributed by atoms with van der Waals surface area (Å²) in [6.45, 7) is 9.86. The topological polar surface area (TPSA) is 41.5 Å². The molecule has 0 spiro atoms. The van der Waals surface area contributed by atoms with Gasteiger partial charge in [0.15, 0.2) is 0 Å². The summed E-state index contributed by atoms with van der Waals surface area (Å²) in [7, 11) is 0. The summed E-state index contributed by atoms with van der Waals surface area (Å²) >= 11 is 0. The van der Waals surface area contributed by atoms with Gasteiger partial charge in [-0.05, 0) is 26.3 Å². The lowest BCUT2D eigenvalue weighted by Gasteiger charge is -2.16. The van der Waals surface area contributed by atoms with Gasteiger partial charge < -0.3 is 15.2 Å². The van der Waals surface area contributed by atoms with Gasteiger partial charge in [-0.25, -0.2) is 0 Å². The smallest absolute Gasteiger partial charge is 0.120 e. The minimum atomic E-state index is 0.118. The van der Waals surface area contributed by atoms with E-state index in [-0.39, 0.29) is 6.04 Å². The van der Waals surface area contributed by atoms with Crippen molar-refractivity contribution in [3.63, 3.8) is 0 Å². The van der Waals surface area contributed by atoms with Gasteiger partial charge in [0.05, 0.1) is 13.2 Å². The van der Waals surface area contributed by atoms with E-state index >= 15 is 0 Å². The number of nitrogens with one attached hydrogen (secondary N) is 1. The SMILES string of the molecule is C=CCCOCCNC(C)c1cc(C)ccc1O. The maximum atomic E-state index is 9.80. The van der Waals surface area contributed by atoms with Gasteiger partial charge in [-0.1, -0.05) is 23.8 Å². The predicted molar refractivity (Wildman–Crippen MR) is 74.9 cm³/mol. The van der Waals surface area contributed by atoms with Crippen LogP contribution in [0.25, 0.3) is 0 Å². The Morgan fingerprint density at radius 1 is 1.44 bits per heavy atom. The number of aromatic hydroxyl groups is 1. The van der Waals surface area contributed by atoms with Crippen molar-refractivity contribution >= 4 is 0 Å². The highest BCUT2D eigenvalue weighted by Gasteiger charge is 2.09. The number of phenolic OH excluding ortho intramolecular Hbond substituents is 1. The van der Waals surface area contributed by atoms with Crippen LogP contribution in [0.3, 0.4) is 0 Å². The first-order valence-corrected chi connectivity index (χ1v) is 6.36. The second kappa shape index (κ2) is 7.90. The van der Waals surface area contributed by atoms with Crippen LogP contribution < -0.4 is 5.32 Å². The number of hydrogen-bond donors (Lipinski definition) is 2. The number of ether oxygens (including phenoxy) is 1. The van der Waals surface area contributed by atoms with E-state index in [2.05, 4.69) is 11.9 Å². The molecule has 0 bridgehead atoms. The maximum Gasteiger partial charge on any atom is 0.120 e. The fraction of sp³-hybridized carbons (Fsp3) is 0.467. The quantitative estimate of drug-likeness (QED) is 0.550. The summed E-state index contributed by atoms with van der Waals surface area (Å²) in [5.74, 6) is 0.341. The molecule has 0 aliphatic rings. The van der Waals surface area contributed by atoms with Crippen LogP contribution in [0.15, 0.2) is 30.9 Å². The van der Waals surface area contributed by atoms with Crippen molar-refractivity contribution in [1.82, 2.24) is 5.32 Å². The van der Waals surface area contributed by atoms with Crippen molar-refractivity contribution in [1.29, 1.82) is 0 Å². The van der Waals surface area contributed by atoms with Crippen LogP contribution in [-0.2, 0) is 4.74 Å². The average molecular weight is 249 g/mol. The minimum absolute atomic E-state index is 0.118. The van der Waals surface area contributed by atoms with Crippen LogP contribution in [0.5, 0.6) is 5.75 Å². The minimum Gasteiger partial charge on any atom is -0.508 e. The van der Waals surface area contributed by atoms with E-state index in [4.69, 9.17) is 4.74 Å². The van der Waals surface area contributed by atoms with E-state index in [9.17, 15) is 5.11 Å². The van der Waals surface area contributed by atoms with Gasteiger partial charge in [-0.15, -0.1) is 6.58 Å². The van der Waals surface area contributed by atoms with E-state index < -0.39 is 0 Å². The Kier molecular flexibility index (Phi) is 6.47. The number of phenols is 1. The molecule has 0 aromatic heterocycles. The predicted octanol–water partition coefficient (Wildman–Crippen LogP) is 2.94. The summed E-state index contributed by atoms with van der Waals surface area (Å²) in [5.41, 5.74) is 2.08. The molecule has 0 heterocycles. The molecule has 1 rings (SSSR count). The molecule has 1 aromatic carbocycles. The van der Waals surface area contributed by atoms with Crippen molar-refractivity contribution in [3.05, 3.63) is 42.0 Å². The van der Waals surface area contributed by atoms with Gasteiger partial charge in [-0.2, -0.15) is 0 Å². The van der Waals surface area contributed by atoms with E-state index in [0.29, 0.717) is 12.4 Å². The molecule has 100 valence electrons. The second-order valence-corrected chi connectivity index (χ2v) is 4.43. The van der Waals surface area contributed by atoms with Crippen LogP contribution in [0.4, 0.5) is 0 Å². The highest BCUT2D eigenvalue weighted by Crippen LogP contribution is 2.24. The van der Waals surface area contributed by atoms with Gasteiger partial charge in [-0.3, -0.25) is 0 Å². The third kappa shape index (κ3) is 4.90. The molecule has 3 heteroatoms. The van der Waals surface area contributed by atoms with Crippen LogP contribution in [0.2, 0.25) is 0 Å². The highest BCUT2D eigenvalue weighted by atomic mass is 16.5. The molecule has 2 N–H and O–H groups in total. The molecule has 18 heavy (non-hydrogen) atoms. The molecule has 3 nitrogen and oxygen atoms in total. The Balaban J connectivity index is 2.33. The zero-order valence-electron chi connectivity index (χ0n) is 11.3. The second-order valence-electron chi connectivity index (χ2n) is 4.43. The van der Waals surface area contributed by atoms with Crippen molar-refractivity contribution in [2.45, 2.75) is 26.3 Å². The fourth-order valence-electron chi connectivity index (χ4n) is 1.75. The summed E-state index contributed by atoms with van der Waals surface area (Å²) in [4.78, 5) is 0. The molecule has 0 saturated heterocycles. The van der Waals surface area contributed by atoms with Crippen molar-refractivity contribution in [2.75, 3.05) is 19.8 Å². The van der Waals surface area contributed by atoms with Gasteiger partial charge in [0.2, 0.25) is 0 Å². The maximum absolute atomic E-state index is 9.80. The Hall–Kier alpha value is -1.32. The zero-order valence-corrected chi connectivity index (χ0v) is 11.3. The van der Waals surface area contributed by atoms with Gasteiger partial charge in [0.25, 0.3) is 0 Å². The lowest BCUT2D eigenvalue weighted by molar-refractivity contribution is 0.138. The summed E-state index contributed by atoms with van der Waals surface area (Å²) in [6, 6.07) is 5.77. The molecule has 0 saturated carbocycles. The molecule has 0 radical (unpaired) electrons. The van der Waals surface area contributed by atoms with Gasteiger partial charge in [0.1, 0.15) is 5.75 Å². The fourth-order valence-corrected chi connectivity index (χ4v) is 1.75. The Bertz CT molecular complexity index is 377. The number of hydrogen-bond acceptors (Lipinski definition) is 3. The number of rotatable bonds is 8. The zero-order chi connectivity index (χ0) is 13.4. The summed E-state index contributed by atoms with van der Waals surface area (Å²) < 4.78 is 5.42. The normalized spacial score (nSPS) is 12.3. The summed E-state index contributed by atoms with van der Waals surface area (Å²) in [5, 5.41) is 13.1. The van der Waals surface area contributed by atoms with E-state index in [1.807, 2.05) is 32.1 Å². The van der Waals surface area contributed by atoms with E-state index in [0.717, 1.165) is 30.7 Å². The van der Waals surface area contributed by atoms with Gasteiger partial charge >= 0.3 is 0 Å². The molecule has 0 aliphatic heterocycles. The third-order valence-corrected chi connectivity index (χ3v) is 2.81. The van der Waals surface area contributed by atoms with Crippen LogP contribution in [-0.4, -0.2) is 24.9 Å².